The van der Waals surface area contributed by atoms with E-state index >= 15 is 0 Å². The fourth-order valence-electron chi connectivity index (χ4n) is 5.03. The largest absolute Gasteiger partial charge is 0.498 e. The quantitative estimate of drug-likeness (QED) is 0.0218. The smallest absolute Gasteiger partial charge is 0.472 e. The summed E-state index contributed by atoms with van der Waals surface area (Å²) in [5.41, 5.74) is 5.34. The first kappa shape index (κ1) is 46.3. The fraction of sp³-hybridized carbons (Fsp3) is 0.769. The maximum Gasteiger partial charge on any atom is 0.472 e. The van der Waals surface area contributed by atoms with Crippen LogP contribution in [0.4, 0.5) is 0 Å². The van der Waals surface area contributed by atoms with E-state index in [0.717, 1.165) is 70.6 Å². The zero-order chi connectivity index (χ0) is 35.2. The second-order valence-electron chi connectivity index (χ2n) is 12.5. The molecule has 0 aliphatic heterocycles. The second kappa shape index (κ2) is 36.6. The molecule has 0 rings (SSSR count). The summed E-state index contributed by atoms with van der Waals surface area (Å²) in [6, 6.07) is 0. The maximum atomic E-state index is 12.5. The molecule has 0 saturated heterocycles. The molecule has 2 atom stereocenters. The summed E-state index contributed by atoms with van der Waals surface area (Å²) in [6.45, 7) is 4.10. The van der Waals surface area contributed by atoms with Gasteiger partial charge in [-0.15, -0.1) is 0 Å². The number of hydrogen-bond donors (Lipinski definition) is 2. The highest BCUT2D eigenvalue weighted by molar-refractivity contribution is 7.47. The summed E-state index contributed by atoms with van der Waals surface area (Å²) in [7, 11) is -4.29. The molecule has 0 amide bonds. The first-order chi connectivity index (χ1) is 23.4. The lowest BCUT2D eigenvalue weighted by molar-refractivity contribution is -0.153. The van der Waals surface area contributed by atoms with E-state index in [1.54, 1.807) is 6.26 Å². The third kappa shape index (κ3) is 35.6. The van der Waals surface area contributed by atoms with E-state index in [4.69, 9.17) is 24.3 Å². The molecule has 280 valence electrons. The zero-order valence-electron chi connectivity index (χ0n) is 30.7. The van der Waals surface area contributed by atoms with Crippen LogP contribution in [0.1, 0.15) is 162 Å². The van der Waals surface area contributed by atoms with Gasteiger partial charge in [0.05, 0.1) is 19.5 Å². The monoisotopic (exact) mass is 698 g/mol. The van der Waals surface area contributed by atoms with Gasteiger partial charge in [0.1, 0.15) is 6.61 Å². The Labute approximate surface area is 294 Å². The van der Waals surface area contributed by atoms with Gasteiger partial charge in [0, 0.05) is 13.0 Å². The third-order valence-electron chi connectivity index (χ3n) is 7.82. The van der Waals surface area contributed by atoms with Crippen molar-refractivity contribution in [1.82, 2.24) is 0 Å². The Balaban J connectivity index is 4.18. The van der Waals surface area contributed by atoms with Gasteiger partial charge in [-0.2, -0.15) is 0 Å². The van der Waals surface area contributed by atoms with Crippen molar-refractivity contribution in [3.63, 3.8) is 0 Å². The summed E-state index contributed by atoms with van der Waals surface area (Å²) in [4.78, 5) is 22.4. The molecule has 0 saturated carbocycles. The highest BCUT2D eigenvalue weighted by Gasteiger charge is 2.25. The van der Waals surface area contributed by atoms with E-state index in [0.29, 0.717) is 0 Å². The standard InChI is InChI=1S/C39H72NO7P/c1-3-5-7-9-11-13-15-17-19-20-22-24-26-28-30-32-39(41)47-38(37-46-48(42,43)45-35-33-40)36-44-34-31-29-27-25-23-21-18-16-14-12-10-8-6-4-2/h5,7,11,13,17,19,31,34,38H,3-4,6,8-10,12,14-16,18,20-30,32-33,35-37,40H2,1-2H3,(H,42,43)/b7-5+,13-11+,19-17+,34-31+/t38-/m1/s1. The summed E-state index contributed by atoms with van der Waals surface area (Å²) in [6.07, 6.45) is 42.1. The van der Waals surface area contributed by atoms with Crippen molar-refractivity contribution in [3.05, 3.63) is 48.8 Å². The van der Waals surface area contributed by atoms with Crippen LogP contribution in [0.5, 0.6) is 0 Å². The number of allylic oxidation sites excluding steroid dienone is 7. The highest BCUT2D eigenvalue weighted by atomic mass is 31.2. The first-order valence-corrected chi connectivity index (χ1v) is 20.7. The lowest BCUT2D eigenvalue weighted by Crippen LogP contribution is -2.27. The molecule has 0 aliphatic carbocycles. The summed E-state index contributed by atoms with van der Waals surface area (Å²) < 4.78 is 33.0. The number of nitrogens with two attached hydrogens (primary N) is 1. The van der Waals surface area contributed by atoms with Crippen molar-refractivity contribution in [2.75, 3.05) is 26.4 Å². The van der Waals surface area contributed by atoms with Gasteiger partial charge in [0.2, 0.25) is 0 Å². The van der Waals surface area contributed by atoms with E-state index in [-0.39, 0.29) is 38.8 Å². The average molecular weight is 698 g/mol. The molecular formula is C39H72NO7P. The number of hydrogen-bond acceptors (Lipinski definition) is 7. The van der Waals surface area contributed by atoms with Gasteiger partial charge in [-0.05, 0) is 57.4 Å². The van der Waals surface area contributed by atoms with Gasteiger partial charge in [0.25, 0.3) is 0 Å². The molecule has 0 aliphatic rings. The van der Waals surface area contributed by atoms with Crippen LogP contribution >= 0.6 is 7.82 Å². The Morgan fingerprint density at radius 2 is 1.19 bits per heavy atom. The molecule has 48 heavy (non-hydrogen) atoms. The molecule has 0 spiro atoms. The molecule has 0 aromatic heterocycles. The molecule has 3 N–H and O–H groups in total. The Morgan fingerprint density at radius 1 is 0.667 bits per heavy atom. The van der Waals surface area contributed by atoms with Crippen molar-refractivity contribution in [1.29, 1.82) is 0 Å². The van der Waals surface area contributed by atoms with Gasteiger partial charge in [0.15, 0.2) is 6.10 Å². The number of phosphoric ester groups is 1. The molecule has 0 aromatic rings. The van der Waals surface area contributed by atoms with E-state index in [2.05, 4.69) is 50.3 Å². The van der Waals surface area contributed by atoms with Crippen LogP contribution in [0.3, 0.4) is 0 Å². The third-order valence-corrected chi connectivity index (χ3v) is 8.81. The van der Waals surface area contributed by atoms with Gasteiger partial charge in [-0.25, -0.2) is 4.57 Å². The molecule has 0 bridgehead atoms. The lowest BCUT2D eigenvalue weighted by atomic mass is 10.0. The SMILES string of the molecule is CC/C=C/C/C=C/C/C=C/CCCCCCCC(=O)O[C@H](CO/C=C/CCCCCCCCCCCCCC)COP(=O)(O)OCCN. The molecule has 0 heterocycles. The summed E-state index contributed by atoms with van der Waals surface area (Å²) in [5.74, 6) is -0.371. The molecule has 1 unspecified atom stereocenters. The van der Waals surface area contributed by atoms with E-state index in [9.17, 15) is 14.3 Å². The van der Waals surface area contributed by atoms with Gasteiger partial charge in [-0.1, -0.05) is 140 Å². The van der Waals surface area contributed by atoms with Crippen molar-refractivity contribution < 1.29 is 32.8 Å². The van der Waals surface area contributed by atoms with Crippen LogP contribution in [-0.2, 0) is 27.9 Å². The average Bonchev–Trinajstić information content (AvgIpc) is 3.07. The van der Waals surface area contributed by atoms with Gasteiger partial charge in [-0.3, -0.25) is 13.8 Å². The number of ether oxygens (including phenoxy) is 2. The molecule has 0 radical (unpaired) electrons. The predicted octanol–water partition coefficient (Wildman–Crippen LogP) is 11.2. The number of phosphoric acid groups is 1. The van der Waals surface area contributed by atoms with Crippen molar-refractivity contribution >= 4 is 13.8 Å². The fourth-order valence-corrected chi connectivity index (χ4v) is 5.80. The first-order valence-electron chi connectivity index (χ1n) is 19.2. The van der Waals surface area contributed by atoms with Crippen molar-refractivity contribution in [2.45, 2.75) is 168 Å². The second-order valence-corrected chi connectivity index (χ2v) is 13.9. The molecule has 0 fully saturated rings. The summed E-state index contributed by atoms with van der Waals surface area (Å²) >= 11 is 0. The van der Waals surface area contributed by atoms with Gasteiger partial charge < -0.3 is 20.1 Å². The van der Waals surface area contributed by atoms with Crippen LogP contribution < -0.4 is 5.73 Å². The number of unbranched alkanes of at least 4 members (excludes halogenated alkanes) is 17. The molecular weight excluding hydrogens is 625 g/mol. The molecule has 0 aromatic carbocycles. The van der Waals surface area contributed by atoms with Crippen LogP contribution in [0.15, 0.2) is 48.8 Å². The van der Waals surface area contributed by atoms with Crippen LogP contribution in [-0.4, -0.2) is 43.3 Å². The minimum Gasteiger partial charge on any atom is -0.498 e. The Bertz CT molecular complexity index is 874. The minimum atomic E-state index is -4.29. The Hall–Kier alpha value is -1.70. The molecule has 9 heteroatoms. The number of esters is 1. The van der Waals surface area contributed by atoms with E-state index in [1.165, 1.54) is 70.6 Å². The number of rotatable bonds is 36. The normalized spacial score (nSPS) is 14.1. The van der Waals surface area contributed by atoms with Crippen molar-refractivity contribution in [2.24, 2.45) is 5.73 Å². The Kier molecular flexibility index (Phi) is 35.3. The summed E-state index contributed by atoms with van der Waals surface area (Å²) in [5, 5.41) is 0. The topological polar surface area (TPSA) is 117 Å². The minimum absolute atomic E-state index is 0.0246. The Morgan fingerprint density at radius 3 is 1.77 bits per heavy atom. The zero-order valence-corrected chi connectivity index (χ0v) is 31.6. The molecule has 8 nitrogen and oxygen atoms in total. The van der Waals surface area contributed by atoms with E-state index < -0.39 is 13.9 Å². The number of carbonyl (C=O) groups excluding carboxylic acids is 1. The van der Waals surface area contributed by atoms with Crippen LogP contribution in [0, 0.1) is 0 Å². The van der Waals surface area contributed by atoms with Crippen molar-refractivity contribution in [3.8, 4) is 0 Å². The predicted molar refractivity (Wildman–Crippen MR) is 201 cm³/mol. The lowest BCUT2D eigenvalue weighted by Gasteiger charge is -2.19. The van der Waals surface area contributed by atoms with E-state index in [1.807, 2.05) is 6.08 Å². The maximum absolute atomic E-state index is 12.5. The van der Waals surface area contributed by atoms with Crippen LogP contribution in [0.25, 0.3) is 0 Å². The van der Waals surface area contributed by atoms with Crippen LogP contribution in [0.2, 0.25) is 0 Å². The van der Waals surface area contributed by atoms with Gasteiger partial charge >= 0.3 is 13.8 Å². The number of carbonyl (C=O) groups is 1. The highest BCUT2D eigenvalue weighted by Crippen LogP contribution is 2.43.